The first kappa shape index (κ1) is 25.6. The summed E-state index contributed by atoms with van der Waals surface area (Å²) in [5.74, 6) is 0.543. The van der Waals surface area contributed by atoms with E-state index in [1.807, 2.05) is 30.3 Å². The van der Waals surface area contributed by atoms with Crippen LogP contribution in [0.25, 0.3) is 0 Å². The molecule has 0 saturated carbocycles. The van der Waals surface area contributed by atoms with Crippen molar-refractivity contribution in [3.05, 3.63) is 95.0 Å². The smallest absolute Gasteiger partial charge is 0.409 e. The fraction of sp³-hybridized carbons (Fsp3) is 0.345. The van der Waals surface area contributed by atoms with Crippen LogP contribution in [0, 0.1) is 5.92 Å². The number of hydrogen-bond donors (Lipinski definition) is 0. The summed E-state index contributed by atoms with van der Waals surface area (Å²) in [5, 5.41) is 0.469. The molecular weight excluding hydrogens is 508 g/mol. The molecule has 1 saturated heterocycles. The fourth-order valence-electron chi connectivity index (χ4n) is 5.30. The monoisotopic (exact) mass is 538 g/mol. The number of hydrogen-bond acceptors (Lipinski definition) is 4. The zero-order valence-electron chi connectivity index (χ0n) is 20.6. The lowest BCUT2D eigenvalue weighted by molar-refractivity contribution is 0.0825. The molecule has 2 aliphatic rings. The molecule has 0 radical (unpaired) electrons. The van der Waals surface area contributed by atoms with Crippen molar-refractivity contribution >= 4 is 33.4 Å². The van der Waals surface area contributed by atoms with Gasteiger partial charge in [-0.15, -0.1) is 0 Å². The van der Waals surface area contributed by atoms with E-state index < -0.39 is 16.1 Å². The average molecular weight is 539 g/mol. The first-order valence-corrected chi connectivity index (χ1v) is 14.6. The van der Waals surface area contributed by atoms with Crippen molar-refractivity contribution in [2.24, 2.45) is 5.92 Å². The van der Waals surface area contributed by atoms with Gasteiger partial charge in [0.15, 0.2) is 0 Å². The molecule has 0 aliphatic carbocycles. The first-order valence-electron chi connectivity index (χ1n) is 12.8. The molecule has 1 fully saturated rings. The summed E-state index contributed by atoms with van der Waals surface area (Å²) in [4.78, 5) is 14.8. The zero-order chi connectivity index (χ0) is 25.8. The number of rotatable bonds is 6. The number of piperidine rings is 1. The molecule has 1 atom stereocenters. The lowest BCUT2D eigenvalue weighted by Crippen LogP contribution is -2.47. The Bertz CT molecular complexity index is 1320. The maximum atomic E-state index is 13.7. The highest BCUT2D eigenvalue weighted by atomic mass is 35.5. The Morgan fingerprint density at radius 2 is 1.57 bits per heavy atom. The maximum absolute atomic E-state index is 13.7. The number of benzene rings is 3. The van der Waals surface area contributed by atoms with Gasteiger partial charge in [-0.05, 0) is 79.5 Å². The summed E-state index contributed by atoms with van der Waals surface area (Å²) >= 11 is 5.99. The second kappa shape index (κ2) is 11.2. The van der Waals surface area contributed by atoms with Gasteiger partial charge in [0.05, 0.1) is 16.6 Å². The van der Waals surface area contributed by atoms with Crippen molar-refractivity contribution in [2.75, 3.05) is 24.0 Å². The highest BCUT2D eigenvalue weighted by molar-refractivity contribution is 7.92. The molecule has 6 nitrogen and oxygen atoms in total. The Labute approximate surface area is 223 Å². The number of nitrogens with zero attached hydrogens (tertiary/aromatic N) is 2. The number of halogens is 1. The van der Waals surface area contributed by atoms with E-state index in [0.29, 0.717) is 36.1 Å². The number of carbonyl (C=O) groups is 1. The minimum Gasteiger partial charge on any atom is -0.447 e. The second-order valence-corrected chi connectivity index (χ2v) is 12.0. The molecule has 37 heavy (non-hydrogen) atoms. The van der Waals surface area contributed by atoms with Gasteiger partial charge in [-0.3, -0.25) is 4.31 Å². The number of carbonyl (C=O) groups excluding carboxylic acids is 1. The number of likely N-dealkylation sites (tertiary alicyclic amines) is 1. The summed E-state index contributed by atoms with van der Waals surface area (Å²) in [7, 11) is -3.88. The minimum absolute atomic E-state index is 0.00390. The Morgan fingerprint density at radius 3 is 2.30 bits per heavy atom. The van der Waals surface area contributed by atoms with Crippen molar-refractivity contribution in [1.82, 2.24) is 4.90 Å². The number of ether oxygens (including phenoxy) is 1. The minimum atomic E-state index is -3.88. The normalized spacial score (nSPS) is 18.4. The van der Waals surface area contributed by atoms with E-state index in [4.69, 9.17) is 16.3 Å². The predicted molar refractivity (Wildman–Crippen MR) is 145 cm³/mol. The topological polar surface area (TPSA) is 66.9 Å². The van der Waals surface area contributed by atoms with E-state index in [0.717, 1.165) is 31.2 Å². The van der Waals surface area contributed by atoms with Crippen LogP contribution in [0.5, 0.6) is 0 Å². The fourth-order valence-corrected chi connectivity index (χ4v) is 7.13. The molecule has 1 unspecified atom stereocenters. The molecule has 3 aromatic rings. The number of para-hydroxylation sites is 1. The van der Waals surface area contributed by atoms with Gasteiger partial charge < -0.3 is 9.64 Å². The van der Waals surface area contributed by atoms with Gasteiger partial charge in [-0.2, -0.15) is 0 Å². The number of anilines is 1. The Hall–Kier alpha value is -3.03. The largest absolute Gasteiger partial charge is 0.447 e. The van der Waals surface area contributed by atoms with Gasteiger partial charge >= 0.3 is 6.09 Å². The molecular formula is C29H31ClN2O4S. The number of fused-ring (bicyclic) bond motifs is 1. The van der Waals surface area contributed by atoms with Crippen LogP contribution in [0.15, 0.2) is 83.8 Å². The van der Waals surface area contributed by atoms with E-state index in [1.165, 1.54) is 22.0 Å². The van der Waals surface area contributed by atoms with Crippen molar-refractivity contribution in [3.63, 3.8) is 0 Å². The van der Waals surface area contributed by atoms with E-state index >= 15 is 0 Å². The van der Waals surface area contributed by atoms with E-state index in [9.17, 15) is 13.2 Å². The maximum Gasteiger partial charge on any atom is 0.409 e. The molecule has 0 bridgehead atoms. The third-order valence-electron chi connectivity index (χ3n) is 7.32. The van der Waals surface area contributed by atoms with Crippen molar-refractivity contribution in [1.29, 1.82) is 0 Å². The SMILES string of the molecule is O=C(OCC1CCc2ccccc2N1S(=O)(=O)c1ccc(Cl)cc1)N1CCC(Cc2ccccc2)CC1. The quantitative estimate of drug-likeness (QED) is 0.389. The van der Waals surface area contributed by atoms with Crippen LogP contribution in [0.2, 0.25) is 5.02 Å². The standard InChI is InChI=1S/C29H31ClN2O4S/c30-25-11-14-27(15-12-25)37(34,35)32-26(13-10-24-8-4-5-9-28(24)32)21-36-29(33)31-18-16-23(17-19-31)20-22-6-2-1-3-7-22/h1-9,11-12,14-15,23,26H,10,13,16-21H2. The van der Waals surface area contributed by atoms with Gasteiger partial charge in [0.1, 0.15) is 6.61 Å². The highest BCUT2D eigenvalue weighted by Gasteiger charge is 2.37. The third-order valence-corrected chi connectivity index (χ3v) is 9.45. The van der Waals surface area contributed by atoms with Crippen LogP contribution in [-0.2, 0) is 27.6 Å². The van der Waals surface area contributed by atoms with Gasteiger partial charge in [0.25, 0.3) is 10.0 Å². The highest BCUT2D eigenvalue weighted by Crippen LogP contribution is 2.36. The summed E-state index contributed by atoms with van der Waals surface area (Å²) in [6.07, 6.45) is 3.78. The molecule has 0 spiro atoms. The van der Waals surface area contributed by atoms with Crippen molar-refractivity contribution in [2.45, 2.75) is 43.0 Å². The lowest BCUT2D eigenvalue weighted by atomic mass is 9.90. The van der Waals surface area contributed by atoms with Crippen LogP contribution in [0.4, 0.5) is 10.5 Å². The van der Waals surface area contributed by atoms with Crippen LogP contribution >= 0.6 is 11.6 Å². The molecule has 0 N–H and O–H groups in total. The average Bonchev–Trinajstić information content (AvgIpc) is 2.92. The summed E-state index contributed by atoms with van der Waals surface area (Å²) in [6, 6.07) is 23.6. The van der Waals surface area contributed by atoms with E-state index in [1.54, 1.807) is 17.0 Å². The van der Waals surface area contributed by atoms with Crippen molar-refractivity contribution in [3.8, 4) is 0 Å². The molecule has 1 amide bonds. The van der Waals surface area contributed by atoms with Gasteiger partial charge in [-0.25, -0.2) is 13.2 Å². The molecule has 3 aromatic carbocycles. The molecule has 8 heteroatoms. The lowest BCUT2D eigenvalue weighted by Gasteiger charge is -2.38. The summed E-state index contributed by atoms with van der Waals surface area (Å²) in [6.45, 7) is 1.30. The summed E-state index contributed by atoms with van der Waals surface area (Å²) < 4.78 is 34.6. The molecule has 2 aliphatic heterocycles. The van der Waals surface area contributed by atoms with Crippen LogP contribution in [0.1, 0.15) is 30.4 Å². The number of aryl methyl sites for hydroxylation is 1. The third kappa shape index (κ3) is 5.78. The molecule has 194 valence electrons. The van der Waals surface area contributed by atoms with Crippen LogP contribution < -0.4 is 4.31 Å². The van der Waals surface area contributed by atoms with E-state index in [-0.39, 0.29) is 17.6 Å². The van der Waals surface area contributed by atoms with Crippen LogP contribution in [0.3, 0.4) is 0 Å². The number of amides is 1. The first-order chi connectivity index (χ1) is 17.9. The second-order valence-electron chi connectivity index (χ2n) is 9.77. The van der Waals surface area contributed by atoms with Gasteiger partial charge in [0, 0.05) is 18.1 Å². The predicted octanol–water partition coefficient (Wildman–Crippen LogP) is 5.94. The zero-order valence-corrected chi connectivity index (χ0v) is 22.2. The van der Waals surface area contributed by atoms with Gasteiger partial charge in [0.2, 0.25) is 0 Å². The van der Waals surface area contributed by atoms with E-state index in [2.05, 4.69) is 24.3 Å². The van der Waals surface area contributed by atoms with Crippen molar-refractivity contribution < 1.29 is 17.9 Å². The van der Waals surface area contributed by atoms with Crippen LogP contribution in [-0.4, -0.2) is 45.1 Å². The summed E-state index contributed by atoms with van der Waals surface area (Å²) in [5.41, 5.74) is 2.91. The molecule has 2 heterocycles. The number of sulfonamides is 1. The Balaban J connectivity index is 1.25. The van der Waals surface area contributed by atoms with Gasteiger partial charge in [-0.1, -0.05) is 60.1 Å². The Morgan fingerprint density at radius 1 is 0.892 bits per heavy atom. The Kier molecular flexibility index (Phi) is 7.72. The molecule has 5 rings (SSSR count). The molecule has 0 aromatic heterocycles.